The summed E-state index contributed by atoms with van der Waals surface area (Å²) in [6.07, 6.45) is 6.32. The van der Waals surface area contributed by atoms with E-state index in [4.69, 9.17) is 0 Å². The summed E-state index contributed by atoms with van der Waals surface area (Å²) in [5.74, 6) is 0.686. The van der Waals surface area contributed by atoms with E-state index in [0.29, 0.717) is 48.4 Å². The van der Waals surface area contributed by atoms with E-state index in [0.717, 1.165) is 24.1 Å². The third kappa shape index (κ3) is 4.15. The van der Waals surface area contributed by atoms with Crippen LogP contribution in [0.25, 0.3) is 16.9 Å². The molecule has 4 aromatic rings. The predicted octanol–water partition coefficient (Wildman–Crippen LogP) is 2.65. The number of anilines is 2. The summed E-state index contributed by atoms with van der Waals surface area (Å²) in [5, 5.41) is 7.72. The van der Waals surface area contributed by atoms with Crippen molar-refractivity contribution >= 4 is 22.9 Å². The second kappa shape index (κ2) is 8.29. The van der Waals surface area contributed by atoms with Crippen LogP contribution in [0.1, 0.15) is 24.1 Å². The number of nitrogens with zero attached hydrogens (tertiary/aromatic N) is 7. The van der Waals surface area contributed by atoms with Crippen LogP contribution in [0.15, 0.2) is 41.5 Å². The van der Waals surface area contributed by atoms with E-state index in [9.17, 15) is 13.6 Å². The molecular weight excluding hydrogens is 458 g/mol. The van der Waals surface area contributed by atoms with Crippen molar-refractivity contribution in [2.75, 3.05) is 16.8 Å². The third-order valence-electron chi connectivity index (χ3n) is 6.08. The molecule has 1 aliphatic heterocycles. The number of ether oxygens (including phenoxy) is 1. The van der Waals surface area contributed by atoms with Gasteiger partial charge in [-0.25, -0.2) is 9.97 Å². The van der Waals surface area contributed by atoms with E-state index in [1.54, 1.807) is 23.0 Å². The lowest BCUT2D eigenvalue weighted by atomic mass is 10.1. The van der Waals surface area contributed by atoms with Gasteiger partial charge in [-0.05, 0) is 37.1 Å². The van der Waals surface area contributed by atoms with E-state index >= 15 is 0 Å². The number of fused-ring (bicyclic) bond motifs is 2. The largest absolute Gasteiger partial charge is 0.435 e. The number of halogens is 2. The van der Waals surface area contributed by atoms with Crippen LogP contribution in [-0.2, 0) is 20.0 Å². The first-order chi connectivity index (χ1) is 16.9. The highest BCUT2D eigenvalue weighted by molar-refractivity contribution is 5.75. The third-order valence-corrected chi connectivity index (χ3v) is 6.08. The first-order valence-corrected chi connectivity index (χ1v) is 11.3. The zero-order valence-electron chi connectivity index (χ0n) is 18.9. The number of alkyl halides is 2. The van der Waals surface area contributed by atoms with Gasteiger partial charge in [-0.1, -0.05) is 0 Å². The van der Waals surface area contributed by atoms with Gasteiger partial charge in [-0.15, -0.1) is 0 Å². The molecule has 1 aliphatic carbocycles. The average molecular weight is 480 g/mol. The fourth-order valence-corrected chi connectivity index (χ4v) is 4.30. The van der Waals surface area contributed by atoms with Gasteiger partial charge in [0.2, 0.25) is 5.95 Å². The lowest BCUT2D eigenvalue weighted by Crippen LogP contribution is -2.37. The van der Waals surface area contributed by atoms with Crippen molar-refractivity contribution in [3.63, 3.8) is 0 Å². The van der Waals surface area contributed by atoms with Gasteiger partial charge in [-0.2, -0.15) is 18.9 Å². The Hall–Kier alpha value is -4.09. The molecule has 0 saturated heterocycles. The zero-order chi connectivity index (χ0) is 24.1. The van der Waals surface area contributed by atoms with Crippen molar-refractivity contribution in [1.29, 1.82) is 0 Å². The zero-order valence-corrected chi connectivity index (χ0v) is 18.9. The Morgan fingerprint density at radius 3 is 2.71 bits per heavy atom. The Morgan fingerprint density at radius 1 is 1.17 bits per heavy atom. The van der Waals surface area contributed by atoms with Crippen molar-refractivity contribution in [3.8, 4) is 11.4 Å². The maximum absolute atomic E-state index is 13.8. The topological polar surface area (TPSA) is 103 Å². The summed E-state index contributed by atoms with van der Waals surface area (Å²) in [7, 11) is 1.87. The van der Waals surface area contributed by atoms with Gasteiger partial charge in [0.15, 0.2) is 11.5 Å². The van der Waals surface area contributed by atoms with Gasteiger partial charge in [0.1, 0.15) is 11.3 Å². The van der Waals surface area contributed by atoms with Gasteiger partial charge < -0.3 is 15.0 Å². The van der Waals surface area contributed by atoms with E-state index in [1.165, 1.54) is 16.7 Å². The highest BCUT2D eigenvalue weighted by Crippen LogP contribution is 2.26. The van der Waals surface area contributed by atoms with Crippen LogP contribution in [0.5, 0.6) is 5.75 Å². The van der Waals surface area contributed by atoms with Crippen LogP contribution in [-0.4, -0.2) is 48.5 Å². The fourth-order valence-electron chi connectivity index (χ4n) is 4.30. The first kappa shape index (κ1) is 21.4. The second-order valence-corrected chi connectivity index (χ2v) is 8.72. The number of nitrogens with one attached hydrogen (secondary N) is 1. The highest BCUT2D eigenvalue weighted by Gasteiger charge is 2.26. The molecule has 12 heteroatoms. The molecule has 35 heavy (non-hydrogen) atoms. The Kier molecular flexibility index (Phi) is 5.08. The quantitative estimate of drug-likeness (QED) is 0.449. The summed E-state index contributed by atoms with van der Waals surface area (Å²) in [5.41, 5.74) is 2.94. The molecule has 0 bridgehead atoms. The van der Waals surface area contributed by atoms with Crippen LogP contribution in [0.2, 0.25) is 0 Å². The van der Waals surface area contributed by atoms with Crippen molar-refractivity contribution in [2.24, 2.45) is 7.05 Å². The van der Waals surface area contributed by atoms with E-state index in [1.807, 2.05) is 18.1 Å². The molecular formula is C23H22F2N8O2. The molecule has 0 atom stereocenters. The number of aryl methyl sites for hydroxylation is 1. The lowest BCUT2D eigenvalue weighted by molar-refractivity contribution is -0.0498. The molecule has 4 heterocycles. The molecule has 1 aromatic carbocycles. The monoisotopic (exact) mass is 480 g/mol. The maximum Gasteiger partial charge on any atom is 0.387 e. The Morgan fingerprint density at radius 2 is 1.97 bits per heavy atom. The first-order valence-electron chi connectivity index (χ1n) is 11.3. The van der Waals surface area contributed by atoms with Crippen molar-refractivity contribution in [1.82, 2.24) is 29.3 Å². The molecule has 10 nitrogen and oxygen atoms in total. The summed E-state index contributed by atoms with van der Waals surface area (Å²) < 4.78 is 32.9. The Labute approximate surface area is 198 Å². The van der Waals surface area contributed by atoms with Crippen molar-refractivity contribution in [3.05, 3.63) is 58.3 Å². The molecule has 0 unspecified atom stereocenters. The lowest BCUT2D eigenvalue weighted by Gasteiger charge is -2.27. The molecule has 1 N–H and O–H groups in total. The minimum Gasteiger partial charge on any atom is -0.435 e. The molecule has 1 saturated carbocycles. The number of hydrogen-bond donors (Lipinski definition) is 1. The van der Waals surface area contributed by atoms with Gasteiger partial charge >= 0.3 is 6.61 Å². The van der Waals surface area contributed by atoms with E-state index < -0.39 is 6.61 Å². The molecule has 6 rings (SSSR count). The SMILES string of the molecule is Cn1cc2c(n1)CCN(c1nc3cnc(NC4CC4)nc3n(-c3ccc(OC(F)F)cc3)c1=O)C2. The molecule has 0 radical (unpaired) electrons. The van der Waals surface area contributed by atoms with Crippen LogP contribution in [0.3, 0.4) is 0 Å². The number of aromatic nitrogens is 6. The highest BCUT2D eigenvalue weighted by atomic mass is 19.3. The van der Waals surface area contributed by atoms with Crippen LogP contribution in [0.4, 0.5) is 20.5 Å². The van der Waals surface area contributed by atoms with Crippen LogP contribution < -0.4 is 20.5 Å². The second-order valence-electron chi connectivity index (χ2n) is 8.72. The van der Waals surface area contributed by atoms with Gasteiger partial charge in [-0.3, -0.25) is 14.0 Å². The number of hydrogen-bond acceptors (Lipinski definition) is 8. The molecule has 2 aliphatic rings. The standard InChI is InChI=1S/C23H22F2N8O2/c1-31-11-13-12-32(9-8-17(13)30-31)20-21(34)33(15-4-6-16(7-5-15)35-22(24)25)19-18(28-20)10-26-23(29-19)27-14-2-3-14/h4-7,10-11,14,22H,2-3,8-9,12H2,1H3,(H,26,27,29). The normalized spacial score (nSPS) is 15.5. The number of benzene rings is 1. The molecule has 3 aromatic heterocycles. The minimum absolute atomic E-state index is 0.00115. The molecule has 0 amide bonds. The molecule has 0 spiro atoms. The van der Waals surface area contributed by atoms with Gasteiger partial charge in [0, 0.05) is 44.4 Å². The van der Waals surface area contributed by atoms with Gasteiger partial charge in [0.05, 0.1) is 17.6 Å². The summed E-state index contributed by atoms with van der Waals surface area (Å²) in [6, 6.07) is 6.22. The number of rotatable bonds is 6. The smallest absolute Gasteiger partial charge is 0.387 e. The van der Waals surface area contributed by atoms with Crippen molar-refractivity contribution in [2.45, 2.75) is 38.5 Å². The minimum atomic E-state index is -2.93. The summed E-state index contributed by atoms with van der Waals surface area (Å²) >= 11 is 0. The van der Waals surface area contributed by atoms with Crippen molar-refractivity contribution < 1.29 is 13.5 Å². The van der Waals surface area contributed by atoms with E-state index in [2.05, 4.69) is 30.1 Å². The van der Waals surface area contributed by atoms with Gasteiger partial charge in [0.25, 0.3) is 5.56 Å². The fraction of sp³-hybridized carbons (Fsp3) is 0.348. The summed E-state index contributed by atoms with van der Waals surface area (Å²) in [6.45, 7) is -1.85. The average Bonchev–Trinajstić information content (AvgIpc) is 3.56. The van der Waals surface area contributed by atoms with E-state index in [-0.39, 0.29) is 17.1 Å². The Bertz CT molecular complexity index is 1460. The molecule has 180 valence electrons. The predicted molar refractivity (Wildman–Crippen MR) is 124 cm³/mol. The van der Waals surface area contributed by atoms with Crippen LogP contribution >= 0.6 is 0 Å². The maximum atomic E-state index is 13.8. The van der Waals surface area contributed by atoms with Crippen LogP contribution in [0, 0.1) is 0 Å². The molecule has 1 fully saturated rings. The Balaban J connectivity index is 1.47. The summed E-state index contributed by atoms with van der Waals surface area (Å²) in [4.78, 5) is 29.4.